The van der Waals surface area contributed by atoms with E-state index in [0.717, 1.165) is 5.56 Å². The summed E-state index contributed by atoms with van der Waals surface area (Å²) < 4.78 is 25.5. The van der Waals surface area contributed by atoms with Crippen LogP contribution < -0.4 is 5.32 Å². The van der Waals surface area contributed by atoms with E-state index in [9.17, 15) is 9.18 Å². The molecule has 1 saturated heterocycles. The zero-order valence-electron chi connectivity index (χ0n) is 14.0. The first-order valence-corrected chi connectivity index (χ1v) is 8.10. The topological polar surface area (TPSA) is 68.6 Å². The van der Waals surface area contributed by atoms with Crippen molar-refractivity contribution in [2.45, 2.75) is 12.6 Å². The largest absolute Gasteiger partial charge is 0.383 e. The Morgan fingerprint density at radius 2 is 2.24 bits per heavy atom. The van der Waals surface area contributed by atoms with Gasteiger partial charge in [-0.2, -0.15) is 5.10 Å². The van der Waals surface area contributed by atoms with Crippen LogP contribution in [0.5, 0.6) is 0 Å². The van der Waals surface area contributed by atoms with Crippen LogP contribution in [0.3, 0.4) is 0 Å². The third-order valence-electron chi connectivity index (χ3n) is 4.00. The van der Waals surface area contributed by atoms with Gasteiger partial charge in [0, 0.05) is 19.9 Å². The van der Waals surface area contributed by atoms with Crippen LogP contribution in [0.25, 0.3) is 0 Å². The Labute approximate surface area is 145 Å². The van der Waals surface area contributed by atoms with E-state index >= 15 is 0 Å². The lowest BCUT2D eigenvalue weighted by Gasteiger charge is -2.33. The summed E-state index contributed by atoms with van der Waals surface area (Å²) in [6.07, 6.45) is 3.10. The number of aromatic nitrogens is 2. The van der Waals surface area contributed by atoms with Gasteiger partial charge in [-0.25, -0.2) is 9.18 Å². The van der Waals surface area contributed by atoms with E-state index in [0.29, 0.717) is 38.5 Å². The Bertz CT molecular complexity index is 704. The first-order chi connectivity index (χ1) is 12.2. The van der Waals surface area contributed by atoms with Crippen molar-refractivity contribution in [1.29, 1.82) is 0 Å². The number of ether oxygens (including phenoxy) is 2. The Morgan fingerprint density at radius 1 is 1.44 bits per heavy atom. The molecule has 134 valence electrons. The lowest BCUT2D eigenvalue weighted by Crippen LogP contribution is -2.44. The van der Waals surface area contributed by atoms with Crippen LogP contribution in [0.4, 0.5) is 14.9 Å². The molecule has 1 aliphatic rings. The molecule has 1 aliphatic heterocycles. The van der Waals surface area contributed by atoms with Crippen LogP contribution in [0, 0.1) is 5.82 Å². The summed E-state index contributed by atoms with van der Waals surface area (Å²) in [6, 6.07) is 5.95. The summed E-state index contributed by atoms with van der Waals surface area (Å²) in [5.41, 5.74) is 1.48. The first kappa shape index (κ1) is 17.4. The van der Waals surface area contributed by atoms with Crippen LogP contribution >= 0.6 is 0 Å². The van der Waals surface area contributed by atoms with Gasteiger partial charge in [-0.15, -0.1) is 0 Å². The van der Waals surface area contributed by atoms with E-state index in [1.54, 1.807) is 41.2 Å². The number of hydrogen-bond acceptors (Lipinski definition) is 4. The van der Waals surface area contributed by atoms with E-state index in [1.165, 1.54) is 12.1 Å². The molecule has 2 amide bonds. The molecule has 0 spiro atoms. The molecule has 25 heavy (non-hydrogen) atoms. The van der Waals surface area contributed by atoms with E-state index in [1.807, 2.05) is 0 Å². The number of rotatable bonds is 5. The third kappa shape index (κ3) is 4.55. The van der Waals surface area contributed by atoms with E-state index < -0.39 is 0 Å². The predicted molar refractivity (Wildman–Crippen MR) is 89.8 cm³/mol. The van der Waals surface area contributed by atoms with Crippen molar-refractivity contribution in [2.75, 3.05) is 38.7 Å². The van der Waals surface area contributed by atoms with Crippen molar-refractivity contribution < 1.29 is 18.7 Å². The second-order valence-electron chi connectivity index (χ2n) is 5.77. The highest BCUT2D eigenvalue weighted by atomic mass is 19.1. The second kappa shape index (κ2) is 8.09. The van der Waals surface area contributed by atoms with Gasteiger partial charge in [0.1, 0.15) is 11.9 Å². The Morgan fingerprint density at radius 3 is 3.00 bits per heavy atom. The van der Waals surface area contributed by atoms with Crippen molar-refractivity contribution >= 4 is 11.7 Å². The zero-order valence-corrected chi connectivity index (χ0v) is 14.0. The minimum atomic E-state index is -0.292. The number of carbonyl (C=O) groups is 1. The lowest BCUT2D eigenvalue weighted by atomic mass is 10.1. The van der Waals surface area contributed by atoms with Gasteiger partial charge in [-0.05, 0) is 17.7 Å². The van der Waals surface area contributed by atoms with E-state index in [4.69, 9.17) is 9.47 Å². The molecule has 3 rings (SSSR count). The summed E-state index contributed by atoms with van der Waals surface area (Å²) in [7, 11) is 1.63. The minimum absolute atomic E-state index is 0.207. The number of urea groups is 1. The maximum Gasteiger partial charge on any atom is 0.322 e. The molecule has 1 atom stereocenters. The smallest absolute Gasteiger partial charge is 0.322 e. The molecule has 0 bridgehead atoms. The molecule has 2 heterocycles. The number of morpholine rings is 1. The average Bonchev–Trinajstić information content (AvgIpc) is 3.08. The van der Waals surface area contributed by atoms with Gasteiger partial charge in [0.25, 0.3) is 0 Å². The van der Waals surface area contributed by atoms with Crippen LogP contribution in [0.2, 0.25) is 0 Å². The highest BCUT2D eigenvalue weighted by molar-refractivity contribution is 5.89. The number of nitrogens with one attached hydrogen (secondary N) is 1. The second-order valence-corrected chi connectivity index (χ2v) is 5.77. The fraction of sp³-hybridized carbons (Fsp3) is 0.412. The molecular weight excluding hydrogens is 327 g/mol. The summed E-state index contributed by atoms with van der Waals surface area (Å²) in [5, 5.41) is 7.00. The third-order valence-corrected chi connectivity index (χ3v) is 4.00. The monoisotopic (exact) mass is 348 g/mol. The van der Waals surface area contributed by atoms with Crippen LogP contribution in [-0.2, 0) is 16.0 Å². The van der Waals surface area contributed by atoms with Crippen molar-refractivity contribution in [3.05, 3.63) is 48.0 Å². The molecule has 1 fully saturated rings. The van der Waals surface area contributed by atoms with Crippen LogP contribution in [-0.4, -0.2) is 54.1 Å². The van der Waals surface area contributed by atoms with Gasteiger partial charge in [-0.1, -0.05) is 12.1 Å². The molecule has 8 heteroatoms. The molecule has 1 aromatic carbocycles. The summed E-state index contributed by atoms with van der Waals surface area (Å²) in [6.45, 7) is 2.52. The van der Waals surface area contributed by atoms with E-state index in [-0.39, 0.29) is 18.0 Å². The van der Waals surface area contributed by atoms with Gasteiger partial charge in [0.15, 0.2) is 0 Å². The minimum Gasteiger partial charge on any atom is -0.383 e. The van der Waals surface area contributed by atoms with Crippen molar-refractivity contribution in [1.82, 2.24) is 14.7 Å². The SMILES string of the molecule is COCCn1cc(NC(=O)N2CCO[C@H](c3ccc(F)cc3)C2)cn1. The first-order valence-electron chi connectivity index (χ1n) is 8.10. The molecule has 1 N–H and O–H groups in total. The van der Waals surface area contributed by atoms with Crippen molar-refractivity contribution in [3.63, 3.8) is 0 Å². The number of amides is 2. The molecular formula is C17H21FN4O3. The number of nitrogens with zero attached hydrogens (tertiary/aromatic N) is 3. The average molecular weight is 348 g/mol. The fourth-order valence-corrected chi connectivity index (χ4v) is 2.65. The number of benzene rings is 1. The highest BCUT2D eigenvalue weighted by Gasteiger charge is 2.25. The quantitative estimate of drug-likeness (QED) is 0.900. The lowest BCUT2D eigenvalue weighted by molar-refractivity contribution is -0.0135. The fourth-order valence-electron chi connectivity index (χ4n) is 2.65. The van der Waals surface area contributed by atoms with E-state index in [2.05, 4.69) is 10.4 Å². The Hall–Kier alpha value is -2.45. The normalized spacial score (nSPS) is 17.5. The highest BCUT2D eigenvalue weighted by Crippen LogP contribution is 2.23. The molecule has 1 aromatic heterocycles. The number of anilines is 1. The predicted octanol–water partition coefficient (Wildman–Crippen LogP) is 2.27. The maximum atomic E-state index is 13.0. The molecule has 2 aromatic rings. The summed E-state index contributed by atoms with van der Waals surface area (Å²) in [5.74, 6) is -0.292. The Kier molecular flexibility index (Phi) is 5.62. The Balaban J connectivity index is 1.58. The molecule has 7 nitrogen and oxygen atoms in total. The van der Waals surface area contributed by atoms with Crippen LogP contribution in [0.1, 0.15) is 11.7 Å². The number of hydrogen-bond donors (Lipinski definition) is 1. The maximum absolute atomic E-state index is 13.0. The molecule has 0 unspecified atom stereocenters. The zero-order chi connectivity index (χ0) is 17.6. The number of methoxy groups -OCH3 is 1. The standard InChI is InChI=1S/C17H21FN4O3/c1-24-8-7-22-11-15(10-19-22)20-17(23)21-6-9-25-16(12-21)13-2-4-14(18)5-3-13/h2-5,10-11,16H,6-9,12H2,1H3,(H,20,23)/t16-/m0/s1. The number of carbonyl (C=O) groups excluding carboxylic acids is 1. The van der Waals surface area contributed by atoms with Gasteiger partial charge in [0.05, 0.1) is 38.2 Å². The van der Waals surface area contributed by atoms with Crippen LogP contribution in [0.15, 0.2) is 36.7 Å². The molecule has 0 radical (unpaired) electrons. The van der Waals surface area contributed by atoms with Gasteiger partial charge in [0.2, 0.25) is 0 Å². The van der Waals surface area contributed by atoms with Gasteiger partial charge < -0.3 is 19.7 Å². The van der Waals surface area contributed by atoms with Crippen molar-refractivity contribution in [2.24, 2.45) is 0 Å². The van der Waals surface area contributed by atoms with Gasteiger partial charge >= 0.3 is 6.03 Å². The molecule has 0 aliphatic carbocycles. The van der Waals surface area contributed by atoms with Gasteiger partial charge in [-0.3, -0.25) is 4.68 Å². The van der Waals surface area contributed by atoms with Crippen molar-refractivity contribution in [3.8, 4) is 0 Å². The molecule has 0 saturated carbocycles. The number of halogens is 1. The summed E-state index contributed by atoms with van der Waals surface area (Å²) >= 11 is 0. The summed E-state index contributed by atoms with van der Waals surface area (Å²) in [4.78, 5) is 14.1.